The Kier molecular flexibility index (Phi) is 8.18. The first kappa shape index (κ1) is 26.5. The van der Waals surface area contributed by atoms with Gasteiger partial charge in [0.1, 0.15) is 23.4 Å². The minimum Gasteiger partial charge on any atom is -0.496 e. The monoisotopic (exact) mass is 505 g/mol. The molecule has 0 aliphatic carbocycles. The molecule has 0 radical (unpaired) electrons. The third kappa shape index (κ3) is 6.52. The van der Waals surface area contributed by atoms with Gasteiger partial charge in [-0.1, -0.05) is 12.1 Å². The van der Waals surface area contributed by atoms with Crippen molar-refractivity contribution in [1.82, 2.24) is 15.0 Å². The number of hydrogen-bond acceptors (Lipinski definition) is 8. The summed E-state index contributed by atoms with van der Waals surface area (Å²) in [7, 11) is 6.30. The van der Waals surface area contributed by atoms with E-state index < -0.39 is 24.6 Å². The second-order valence-corrected chi connectivity index (χ2v) is 8.06. The average Bonchev–Trinajstić information content (AvgIpc) is 2.83. The van der Waals surface area contributed by atoms with Crippen LogP contribution in [0.5, 0.6) is 11.5 Å². The molecule has 0 saturated heterocycles. The van der Waals surface area contributed by atoms with Crippen LogP contribution in [-0.4, -0.2) is 66.6 Å². The summed E-state index contributed by atoms with van der Waals surface area (Å²) >= 11 is 0. The molecule has 2 N–H and O–H groups in total. The van der Waals surface area contributed by atoms with Crippen LogP contribution in [0.3, 0.4) is 0 Å². The average molecular weight is 505 g/mol. The summed E-state index contributed by atoms with van der Waals surface area (Å²) < 4.78 is 50.0. The van der Waals surface area contributed by atoms with Gasteiger partial charge in [0, 0.05) is 38.5 Å². The number of alkyl halides is 3. The number of benzene rings is 1. The lowest BCUT2D eigenvalue weighted by Gasteiger charge is -2.20. The molecule has 36 heavy (non-hydrogen) atoms. The molecule has 3 rings (SSSR count). The number of aliphatic carboxylic acids is 1. The van der Waals surface area contributed by atoms with Crippen molar-refractivity contribution in [3.05, 3.63) is 53.9 Å². The number of carboxylic acids is 1. The van der Waals surface area contributed by atoms with Crippen molar-refractivity contribution in [1.29, 1.82) is 0 Å². The number of nitrogens with one attached hydrogen (secondary N) is 1. The van der Waals surface area contributed by atoms with E-state index in [2.05, 4.69) is 20.3 Å². The molecule has 3 aromatic rings. The Bertz CT molecular complexity index is 1180. The molecule has 1 atom stereocenters. The number of anilines is 2. The van der Waals surface area contributed by atoms with E-state index in [0.29, 0.717) is 28.3 Å². The van der Waals surface area contributed by atoms with Crippen LogP contribution >= 0.6 is 0 Å². The summed E-state index contributed by atoms with van der Waals surface area (Å²) in [4.78, 5) is 26.0. The number of nitrogens with zero attached hydrogens (tertiary/aromatic N) is 4. The number of aromatic nitrogens is 3. The van der Waals surface area contributed by atoms with Gasteiger partial charge >= 0.3 is 12.1 Å². The Morgan fingerprint density at radius 2 is 1.75 bits per heavy atom. The second-order valence-electron chi connectivity index (χ2n) is 8.06. The molecule has 9 nitrogen and oxygen atoms in total. The van der Waals surface area contributed by atoms with Crippen LogP contribution < -0.4 is 19.7 Å². The van der Waals surface area contributed by atoms with Crippen molar-refractivity contribution in [2.24, 2.45) is 0 Å². The number of ether oxygens (including phenoxy) is 2. The van der Waals surface area contributed by atoms with E-state index in [1.807, 2.05) is 0 Å². The molecular weight excluding hydrogens is 479 g/mol. The minimum atomic E-state index is -4.52. The molecule has 0 amide bonds. The number of carboxylic acid groups (broad SMARTS) is 1. The van der Waals surface area contributed by atoms with Crippen molar-refractivity contribution in [3.8, 4) is 22.8 Å². The highest BCUT2D eigenvalue weighted by molar-refractivity contribution is 5.78. The molecule has 2 aromatic heterocycles. The van der Waals surface area contributed by atoms with Crippen LogP contribution in [0.2, 0.25) is 0 Å². The Morgan fingerprint density at radius 1 is 1.08 bits per heavy atom. The van der Waals surface area contributed by atoms with E-state index >= 15 is 0 Å². The van der Waals surface area contributed by atoms with Crippen molar-refractivity contribution >= 4 is 17.7 Å². The largest absolute Gasteiger partial charge is 0.496 e. The van der Waals surface area contributed by atoms with E-state index in [4.69, 9.17) is 9.47 Å². The van der Waals surface area contributed by atoms with Crippen LogP contribution in [0.4, 0.5) is 24.9 Å². The number of pyridine rings is 1. The van der Waals surface area contributed by atoms with Gasteiger partial charge in [0.15, 0.2) is 0 Å². The van der Waals surface area contributed by atoms with Crippen molar-refractivity contribution in [2.75, 3.05) is 38.5 Å². The number of hydrogen-bond donors (Lipinski definition) is 2. The van der Waals surface area contributed by atoms with Crippen LogP contribution in [0.25, 0.3) is 11.3 Å². The molecule has 12 heteroatoms. The highest BCUT2D eigenvalue weighted by Gasteiger charge is 2.31. The first-order valence-electron chi connectivity index (χ1n) is 10.8. The van der Waals surface area contributed by atoms with Crippen molar-refractivity contribution < 1.29 is 32.5 Å². The molecule has 0 unspecified atom stereocenters. The highest BCUT2D eigenvalue weighted by Crippen LogP contribution is 2.37. The topological polar surface area (TPSA) is 110 Å². The fourth-order valence-corrected chi connectivity index (χ4v) is 3.48. The fraction of sp³-hybridized carbons (Fsp3) is 0.333. The first-order chi connectivity index (χ1) is 17.0. The van der Waals surface area contributed by atoms with Crippen LogP contribution in [0.15, 0.2) is 42.7 Å². The molecule has 0 aliphatic heterocycles. The molecule has 0 spiro atoms. The van der Waals surface area contributed by atoms with E-state index in [1.54, 1.807) is 44.4 Å². The minimum absolute atomic E-state index is 0.0571. The molecule has 0 bridgehead atoms. The van der Waals surface area contributed by atoms with Crippen LogP contribution in [-0.2, 0) is 17.6 Å². The predicted octanol–water partition coefficient (Wildman–Crippen LogP) is 3.83. The molecular formula is C24H26F3N5O4. The maximum absolute atomic E-state index is 13.1. The maximum atomic E-state index is 13.1. The molecule has 192 valence electrons. The normalized spacial score (nSPS) is 12.1. The van der Waals surface area contributed by atoms with Gasteiger partial charge in [0.05, 0.1) is 31.9 Å². The zero-order valence-electron chi connectivity index (χ0n) is 20.1. The summed E-state index contributed by atoms with van der Waals surface area (Å²) in [6.07, 6.45) is -3.32. The van der Waals surface area contributed by atoms with Crippen molar-refractivity contribution in [3.63, 3.8) is 0 Å². The van der Waals surface area contributed by atoms with E-state index in [1.165, 1.54) is 25.3 Å². The van der Waals surface area contributed by atoms with Gasteiger partial charge in [-0.2, -0.15) is 18.2 Å². The smallest absolute Gasteiger partial charge is 0.393 e. The summed E-state index contributed by atoms with van der Waals surface area (Å²) in [6, 6.07) is 7.42. The lowest BCUT2D eigenvalue weighted by atomic mass is 10.0. The lowest BCUT2D eigenvalue weighted by molar-refractivity contribution is -0.137. The zero-order chi connectivity index (χ0) is 26.5. The zero-order valence-corrected chi connectivity index (χ0v) is 20.1. The molecule has 1 aromatic carbocycles. The summed E-state index contributed by atoms with van der Waals surface area (Å²) in [5.41, 5.74) is 1.48. The third-order valence-corrected chi connectivity index (χ3v) is 5.20. The van der Waals surface area contributed by atoms with Gasteiger partial charge in [0.2, 0.25) is 5.95 Å². The SMILES string of the molecule is COc1cccc(OC)c1-c1ccc(C[C@H](Nc2nc(N(C)C)ncc2CC(F)(F)F)C(=O)O)cn1. The van der Waals surface area contributed by atoms with Gasteiger partial charge in [-0.3, -0.25) is 4.98 Å². The summed E-state index contributed by atoms with van der Waals surface area (Å²) in [5.74, 6) is -0.200. The van der Waals surface area contributed by atoms with E-state index in [9.17, 15) is 23.1 Å². The highest BCUT2D eigenvalue weighted by atomic mass is 19.4. The van der Waals surface area contributed by atoms with Crippen LogP contribution in [0.1, 0.15) is 11.1 Å². The number of halogens is 3. The summed E-state index contributed by atoms with van der Waals surface area (Å²) in [6.45, 7) is 0. The fourth-order valence-electron chi connectivity index (χ4n) is 3.48. The van der Waals surface area contributed by atoms with Gasteiger partial charge in [-0.15, -0.1) is 0 Å². The number of methoxy groups -OCH3 is 2. The van der Waals surface area contributed by atoms with E-state index in [-0.39, 0.29) is 23.8 Å². The lowest BCUT2D eigenvalue weighted by Crippen LogP contribution is -2.33. The van der Waals surface area contributed by atoms with Gasteiger partial charge in [-0.25, -0.2) is 9.78 Å². The summed E-state index contributed by atoms with van der Waals surface area (Å²) in [5, 5.41) is 12.4. The molecule has 0 fully saturated rings. The second kappa shape index (κ2) is 11.1. The quantitative estimate of drug-likeness (QED) is 0.425. The third-order valence-electron chi connectivity index (χ3n) is 5.20. The predicted molar refractivity (Wildman–Crippen MR) is 128 cm³/mol. The number of rotatable bonds is 10. The molecule has 2 heterocycles. The Labute approximate surface area is 205 Å². The molecule has 0 aliphatic rings. The van der Waals surface area contributed by atoms with Gasteiger partial charge in [-0.05, 0) is 23.8 Å². The van der Waals surface area contributed by atoms with Gasteiger partial charge < -0.3 is 24.8 Å². The van der Waals surface area contributed by atoms with Gasteiger partial charge in [0.25, 0.3) is 0 Å². The van der Waals surface area contributed by atoms with Crippen molar-refractivity contribution in [2.45, 2.75) is 25.1 Å². The van der Waals surface area contributed by atoms with Crippen LogP contribution in [0, 0.1) is 0 Å². The Balaban J connectivity index is 1.88. The first-order valence-corrected chi connectivity index (χ1v) is 10.8. The maximum Gasteiger partial charge on any atom is 0.393 e. The molecule has 0 saturated carbocycles. The van der Waals surface area contributed by atoms with E-state index in [0.717, 1.165) is 6.20 Å². The Hall–Kier alpha value is -4.09. The number of carbonyl (C=O) groups is 1. The standard InChI is InChI=1S/C24H26F3N5O4/c1-32(2)23-29-13-15(11-24(25,26)27)21(31-23)30-17(22(33)34)10-14-8-9-16(28-12-14)20-18(35-3)6-5-7-19(20)36-4/h5-9,12-13,17H,10-11H2,1-4H3,(H,33,34)(H,29,30,31)/t17-/m0/s1. The Morgan fingerprint density at radius 3 is 2.25 bits per heavy atom.